The Morgan fingerprint density at radius 3 is 1.86 bits per heavy atom. The molecule has 0 fully saturated rings. The van der Waals surface area contributed by atoms with Gasteiger partial charge in [-0.15, -0.1) is 0 Å². The van der Waals surface area contributed by atoms with E-state index in [-0.39, 0.29) is 0 Å². The van der Waals surface area contributed by atoms with Crippen molar-refractivity contribution in [1.82, 2.24) is 0 Å². The topological polar surface area (TPSA) is 16.4 Å². The lowest BCUT2D eigenvalue weighted by atomic mass is 9.95. The molecule has 0 N–H and O–H groups in total. The fourth-order valence-electron chi connectivity index (χ4n) is 6.15. The quantitative estimate of drug-likeness (QED) is 0.200. The predicted molar refractivity (Wildman–Crippen MR) is 185 cm³/mol. The summed E-state index contributed by atoms with van der Waals surface area (Å²) in [6.07, 6.45) is 0. The Hall–Kier alpha value is -5.86. The lowest BCUT2D eigenvalue weighted by Gasteiger charge is -2.28. The van der Waals surface area contributed by atoms with Crippen molar-refractivity contribution in [2.45, 2.75) is 0 Å². The fourth-order valence-corrected chi connectivity index (χ4v) is 6.15. The van der Waals surface area contributed by atoms with Crippen LogP contribution in [0.15, 0.2) is 180 Å². The van der Waals surface area contributed by atoms with Crippen molar-refractivity contribution in [1.29, 1.82) is 0 Å². The maximum Gasteiger partial charge on any atom is 0.135 e. The Bertz CT molecular complexity index is 2200. The minimum Gasteiger partial charge on any atom is -0.456 e. The Labute approximate surface area is 257 Å². The van der Waals surface area contributed by atoms with Gasteiger partial charge in [0.25, 0.3) is 0 Å². The SMILES string of the molecule is c1ccc(-c2cccc(N(c3ccccc3)c3ccc(-c4cccc(-c5cc6ccccc6o5)c4)c4ccccc34)c2)cc1. The maximum atomic E-state index is 6.22. The van der Waals surface area contributed by atoms with Gasteiger partial charge in [-0.1, -0.05) is 127 Å². The zero-order valence-corrected chi connectivity index (χ0v) is 24.1. The van der Waals surface area contributed by atoms with Crippen LogP contribution >= 0.6 is 0 Å². The second kappa shape index (κ2) is 11.1. The third-order valence-electron chi connectivity index (χ3n) is 8.25. The smallest absolute Gasteiger partial charge is 0.135 e. The summed E-state index contributed by atoms with van der Waals surface area (Å²) in [6, 6.07) is 62.1. The first-order valence-electron chi connectivity index (χ1n) is 14.9. The van der Waals surface area contributed by atoms with Crippen molar-refractivity contribution >= 4 is 38.8 Å². The van der Waals surface area contributed by atoms with Crippen LogP contribution in [0.2, 0.25) is 0 Å². The molecule has 0 atom stereocenters. The Balaban J connectivity index is 1.27. The average molecular weight is 564 g/mol. The molecule has 208 valence electrons. The summed E-state index contributed by atoms with van der Waals surface area (Å²) in [5.74, 6) is 0.877. The molecule has 8 aromatic rings. The molecular formula is C42H29NO. The molecule has 8 rings (SSSR count). The van der Waals surface area contributed by atoms with Gasteiger partial charge in [0.1, 0.15) is 11.3 Å². The van der Waals surface area contributed by atoms with Crippen molar-refractivity contribution in [3.8, 4) is 33.6 Å². The lowest BCUT2D eigenvalue weighted by molar-refractivity contribution is 0.631. The van der Waals surface area contributed by atoms with Gasteiger partial charge in [-0.3, -0.25) is 0 Å². The van der Waals surface area contributed by atoms with E-state index >= 15 is 0 Å². The first-order valence-corrected chi connectivity index (χ1v) is 14.9. The second-order valence-corrected chi connectivity index (χ2v) is 11.0. The fraction of sp³-hybridized carbons (Fsp3) is 0. The highest BCUT2D eigenvalue weighted by Gasteiger charge is 2.18. The van der Waals surface area contributed by atoms with Crippen LogP contribution in [0, 0.1) is 0 Å². The normalized spacial score (nSPS) is 11.2. The molecule has 0 amide bonds. The van der Waals surface area contributed by atoms with E-state index in [2.05, 4.69) is 163 Å². The summed E-state index contributed by atoms with van der Waals surface area (Å²) in [4.78, 5) is 2.36. The molecule has 7 aromatic carbocycles. The zero-order valence-electron chi connectivity index (χ0n) is 24.1. The number of furan rings is 1. The summed E-state index contributed by atoms with van der Waals surface area (Å²) in [6.45, 7) is 0. The summed E-state index contributed by atoms with van der Waals surface area (Å²) in [7, 11) is 0. The Morgan fingerprint density at radius 2 is 1.02 bits per heavy atom. The van der Waals surface area contributed by atoms with Gasteiger partial charge in [-0.2, -0.15) is 0 Å². The van der Waals surface area contributed by atoms with Crippen LogP contribution in [0.4, 0.5) is 17.1 Å². The standard InChI is InChI=1S/C42H29NO/c1-3-13-30(14-4-1)31-16-12-21-36(28-31)43(35-19-5-2-6-20-35)40-26-25-37(38-22-8-9-23-39(38)40)32-17-11-18-33(27-32)42-29-34-15-7-10-24-41(34)44-42/h1-29H. The van der Waals surface area contributed by atoms with Gasteiger partial charge in [-0.25, -0.2) is 0 Å². The molecule has 0 aliphatic rings. The molecule has 1 aromatic heterocycles. The van der Waals surface area contributed by atoms with Crippen LogP contribution in [0.1, 0.15) is 0 Å². The summed E-state index contributed by atoms with van der Waals surface area (Å²) >= 11 is 0. The largest absolute Gasteiger partial charge is 0.456 e. The highest BCUT2D eigenvalue weighted by atomic mass is 16.3. The Morgan fingerprint density at radius 1 is 0.386 bits per heavy atom. The highest BCUT2D eigenvalue weighted by Crippen LogP contribution is 2.43. The van der Waals surface area contributed by atoms with Crippen molar-refractivity contribution in [2.75, 3.05) is 4.90 Å². The molecule has 0 saturated heterocycles. The third kappa shape index (κ3) is 4.73. The number of hydrogen-bond acceptors (Lipinski definition) is 2. The van der Waals surface area contributed by atoms with Crippen molar-refractivity contribution < 1.29 is 4.42 Å². The van der Waals surface area contributed by atoms with Crippen LogP contribution in [0.25, 0.3) is 55.3 Å². The van der Waals surface area contributed by atoms with E-state index in [1.165, 1.54) is 27.5 Å². The van der Waals surface area contributed by atoms with Gasteiger partial charge in [-0.05, 0) is 76.2 Å². The number of rotatable bonds is 6. The number of anilines is 3. The number of benzene rings is 7. The van der Waals surface area contributed by atoms with Gasteiger partial charge in [0.15, 0.2) is 0 Å². The van der Waals surface area contributed by atoms with Crippen LogP contribution in [-0.2, 0) is 0 Å². The van der Waals surface area contributed by atoms with E-state index in [4.69, 9.17) is 4.42 Å². The van der Waals surface area contributed by atoms with Crippen LogP contribution in [0.3, 0.4) is 0 Å². The van der Waals surface area contributed by atoms with Crippen molar-refractivity contribution in [2.24, 2.45) is 0 Å². The molecule has 2 nitrogen and oxygen atoms in total. The maximum absolute atomic E-state index is 6.22. The minimum absolute atomic E-state index is 0.877. The number of hydrogen-bond donors (Lipinski definition) is 0. The molecular weight excluding hydrogens is 534 g/mol. The van der Waals surface area contributed by atoms with Crippen molar-refractivity contribution in [3.63, 3.8) is 0 Å². The summed E-state index contributed by atoms with van der Waals surface area (Å²) in [5, 5.41) is 3.50. The highest BCUT2D eigenvalue weighted by molar-refractivity contribution is 6.06. The van der Waals surface area contributed by atoms with Crippen LogP contribution < -0.4 is 4.90 Å². The number of para-hydroxylation sites is 2. The van der Waals surface area contributed by atoms with Gasteiger partial charge < -0.3 is 9.32 Å². The van der Waals surface area contributed by atoms with Gasteiger partial charge in [0, 0.05) is 27.7 Å². The van der Waals surface area contributed by atoms with E-state index < -0.39 is 0 Å². The van der Waals surface area contributed by atoms with Crippen LogP contribution in [-0.4, -0.2) is 0 Å². The molecule has 2 heteroatoms. The third-order valence-corrected chi connectivity index (χ3v) is 8.25. The molecule has 0 bridgehead atoms. The van der Waals surface area contributed by atoms with E-state index in [1.807, 2.05) is 18.2 Å². The average Bonchev–Trinajstić information content (AvgIpc) is 3.54. The lowest BCUT2D eigenvalue weighted by Crippen LogP contribution is -2.10. The van der Waals surface area contributed by atoms with Gasteiger partial charge in [0.2, 0.25) is 0 Å². The molecule has 0 saturated carbocycles. The van der Waals surface area contributed by atoms with E-state index in [0.29, 0.717) is 0 Å². The van der Waals surface area contributed by atoms with Gasteiger partial charge in [0.05, 0.1) is 5.69 Å². The van der Waals surface area contributed by atoms with E-state index in [9.17, 15) is 0 Å². The molecule has 0 unspecified atom stereocenters. The first-order chi connectivity index (χ1) is 21.8. The summed E-state index contributed by atoms with van der Waals surface area (Å²) < 4.78 is 6.22. The summed E-state index contributed by atoms with van der Waals surface area (Å²) in [5.41, 5.74) is 10.1. The van der Waals surface area contributed by atoms with Gasteiger partial charge >= 0.3 is 0 Å². The molecule has 0 radical (unpaired) electrons. The molecule has 0 aliphatic heterocycles. The van der Waals surface area contributed by atoms with E-state index in [1.54, 1.807) is 0 Å². The van der Waals surface area contributed by atoms with Crippen molar-refractivity contribution in [3.05, 3.63) is 176 Å². The molecule has 44 heavy (non-hydrogen) atoms. The predicted octanol–water partition coefficient (Wildman–Crippen LogP) is 12.1. The second-order valence-electron chi connectivity index (χ2n) is 11.0. The molecule has 1 heterocycles. The Kier molecular flexibility index (Phi) is 6.51. The molecule has 0 spiro atoms. The first kappa shape index (κ1) is 25.8. The number of fused-ring (bicyclic) bond motifs is 2. The molecule has 0 aliphatic carbocycles. The van der Waals surface area contributed by atoms with Crippen LogP contribution in [0.5, 0.6) is 0 Å². The monoisotopic (exact) mass is 563 g/mol. The van der Waals surface area contributed by atoms with E-state index in [0.717, 1.165) is 44.9 Å². The minimum atomic E-state index is 0.877. The number of nitrogens with zero attached hydrogens (tertiary/aromatic N) is 1. The zero-order chi connectivity index (χ0) is 29.3.